The van der Waals surface area contributed by atoms with Crippen molar-refractivity contribution in [2.24, 2.45) is 5.92 Å². The highest BCUT2D eigenvalue weighted by Crippen LogP contribution is 2.30. The zero-order chi connectivity index (χ0) is 24.5. The molecule has 0 aromatic heterocycles. The average molecular weight is 473 g/mol. The maximum absolute atomic E-state index is 13.2. The standard InChI is InChI=1S/C25H36N4O5/c1-17-13-27(14-18(2)34-17)15-19-9-11-28(12-10-19)22(30)16-29-23(31)25(3,26-24(29)32)20-5-7-21(33-4)8-6-20/h5-8,17-19H,9-16H2,1-4H3,(H,26,32). The maximum Gasteiger partial charge on any atom is 0.325 e. The number of nitrogens with zero attached hydrogens (tertiary/aromatic N) is 3. The molecule has 0 radical (unpaired) electrons. The van der Waals surface area contributed by atoms with Crippen LogP contribution in [-0.4, -0.2) is 91.1 Å². The van der Waals surface area contributed by atoms with Gasteiger partial charge in [-0.1, -0.05) is 12.1 Å². The molecule has 9 nitrogen and oxygen atoms in total. The molecule has 3 unspecified atom stereocenters. The number of hydrogen-bond acceptors (Lipinski definition) is 6. The number of nitrogens with one attached hydrogen (secondary N) is 1. The largest absolute Gasteiger partial charge is 0.497 e. The van der Waals surface area contributed by atoms with Crippen LogP contribution >= 0.6 is 0 Å². The van der Waals surface area contributed by atoms with Gasteiger partial charge >= 0.3 is 6.03 Å². The molecule has 1 aromatic rings. The number of morpholine rings is 1. The van der Waals surface area contributed by atoms with Gasteiger partial charge in [-0.2, -0.15) is 0 Å². The quantitative estimate of drug-likeness (QED) is 0.635. The number of carbonyl (C=O) groups is 3. The van der Waals surface area contributed by atoms with Crippen LogP contribution in [0.2, 0.25) is 0 Å². The molecule has 3 atom stereocenters. The fourth-order valence-corrected chi connectivity index (χ4v) is 5.36. The van der Waals surface area contributed by atoms with E-state index in [2.05, 4.69) is 24.1 Å². The van der Waals surface area contributed by atoms with Crippen molar-refractivity contribution < 1.29 is 23.9 Å². The molecule has 0 spiro atoms. The van der Waals surface area contributed by atoms with E-state index < -0.39 is 17.5 Å². The van der Waals surface area contributed by atoms with E-state index in [9.17, 15) is 14.4 Å². The summed E-state index contributed by atoms with van der Waals surface area (Å²) in [6.45, 7) is 9.87. The molecule has 3 aliphatic rings. The average Bonchev–Trinajstić information content (AvgIpc) is 3.02. The Morgan fingerprint density at radius 2 is 1.74 bits per heavy atom. The molecule has 0 bridgehead atoms. The topological polar surface area (TPSA) is 91.4 Å². The summed E-state index contributed by atoms with van der Waals surface area (Å²) in [5.41, 5.74) is -0.558. The van der Waals surface area contributed by atoms with Crippen molar-refractivity contribution in [3.05, 3.63) is 29.8 Å². The maximum atomic E-state index is 13.2. The molecule has 0 aliphatic carbocycles. The number of rotatable bonds is 6. The van der Waals surface area contributed by atoms with Gasteiger partial charge in [0.2, 0.25) is 5.91 Å². The molecule has 9 heteroatoms. The summed E-state index contributed by atoms with van der Waals surface area (Å²) >= 11 is 0. The number of urea groups is 1. The Balaban J connectivity index is 1.30. The number of piperidine rings is 1. The molecule has 34 heavy (non-hydrogen) atoms. The third-order valence-corrected chi connectivity index (χ3v) is 7.21. The number of hydrogen-bond donors (Lipinski definition) is 1. The van der Waals surface area contributed by atoms with Crippen molar-refractivity contribution in [2.45, 2.75) is 51.4 Å². The lowest BCUT2D eigenvalue weighted by atomic mass is 9.92. The van der Waals surface area contributed by atoms with E-state index in [0.29, 0.717) is 30.3 Å². The molecule has 0 saturated carbocycles. The van der Waals surface area contributed by atoms with Crippen LogP contribution in [0, 0.1) is 5.92 Å². The molecule has 4 amide bonds. The minimum atomic E-state index is -1.21. The van der Waals surface area contributed by atoms with E-state index >= 15 is 0 Å². The molecule has 1 aromatic carbocycles. The summed E-state index contributed by atoms with van der Waals surface area (Å²) in [6, 6.07) is 6.46. The first-order valence-electron chi connectivity index (χ1n) is 12.1. The van der Waals surface area contributed by atoms with E-state index in [1.807, 2.05) is 0 Å². The van der Waals surface area contributed by atoms with Gasteiger partial charge in [0.25, 0.3) is 5.91 Å². The normalized spacial score (nSPS) is 28.8. The van der Waals surface area contributed by atoms with Gasteiger partial charge in [0, 0.05) is 32.7 Å². The van der Waals surface area contributed by atoms with E-state index in [-0.39, 0.29) is 24.7 Å². The van der Waals surface area contributed by atoms with Crippen LogP contribution in [-0.2, 0) is 19.9 Å². The minimum absolute atomic E-state index is 0.186. The summed E-state index contributed by atoms with van der Waals surface area (Å²) in [4.78, 5) is 44.0. The lowest BCUT2D eigenvalue weighted by molar-refractivity contribution is -0.139. The van der Waals surface area contributed by atoms with E-state index in [4.69, 9.17) is 9.47 Å². The smallest absolute Gasteiger partial charge is 0.325 e. The number of amides is 4. The van der Waals surface area contributed by atoms with Crippen LogP contribution in [0.5, 0.6) is 5.75 Å². The molecule has 186 valence electrons. The van der Waals surface area contributed by atoms with E-state index in [1.165, 1.54) is 0 Å². The predicted octanol–water partition coefficient (Wildman–Crippen LogP) is 1.81. The van der Waals surface area contributed by atoms with Crippen molar-refractivity contribution in [2.75, 3.05) is 46.4 Å². The number of benzene rings is 1. The van der Waals surface area contributed by atoms with E-state index in [0.717, 1.165) is 37.4 Å². The lowest BCUT2D eigenvalue weighted by Gasteiger charge is -2.39. The van der Waals surface area contributed by atoms with Crippen molar-refractivity contribution in [1.29, 1.82) is 0 Å². The summed E-state index contributed by atoms with van der Waals surface area (Å²) in [6.07, 6.45) is 2.35. The molecule has 3 saturated heterocycles. The highest BCUT2D eigenvalue weighted by atomic mass is 16.5. The zero-order valence-corrected chi connectivity index (χ0v) is 20.6. The molecule has 4 rings (SSSR count). The van der Waals surface area contributed by atoms with Crippen LogP contribution in [0.1, 0.15) is 39.2 Å². The number of imide groups is 1. The first kappa shape index (κ1) is 24.5. The molecular formula is C25H36N4O5. The van der Waals surface area contributed by atoms with Crippen molar-refractivity contribution in [3.8, 4) is 5.75 Å². The Morgan fingerprint density at radius 1 is 1.12 bits per heavy atom. The Morgan fingerprint density at radius 3 is 2.32 bits per heavy atom. The van der Waals surface area contributed by atoms with E-state index in [1.54, 1.807) is 43.2 Å². The summed E-state index contributed by atoms with van der Waals surface area (Å²) in [5, 5.41) is 2.76. The second-order valence-electron chi connectivity index (χ2n) is 9.97. The highest BCUT2D eigenvalue weighted by Gasteiger charge is 2.49. The number of carbonyl (C=O) groups excluding carboxylic acids is 3. The monoisotopic (exact) mass is 472 g/mol. The third-order valence-electron chi connectivity index (χ3n) is 7.21. The molecule has 3 aliphatic heterocycles. The number of likely N-dealkylation sites (tertiary alicyclic amines) is 1. The molecule has 3 fully saturated rings. The van der Waals surface area contributed by atoms with Crippen molar-refractivity contribution in [3.63, 3.8) is 0 Å². The van der Waals surface area contributed by atoms with Gasteiger partial charge in [-0.3, -0.25) is 19.4 Å². The molecule has 1 N–H and O–H groups in total. The summed E-state index contributed by atoms with van der Waals surface area (Å²) in [7, 11) is 1.57. The second kappa shape index (κ2) is 9.92. The van der Waals surface area contributed by atoms with Crippen LogP contribution in [0.25, 0.3) is 0 Å². The third kappa shape index (κ3) is 5.05. The van der Waals surface area contributed by atoms with Gasteiger partial charge in [0.05, 0.1) is 19.3 Å². The Kier molecular flexibility index (Phi) is 7.14. The fourth-order valence-electron chi connectivity index (χ4n) is 5.36. The van der Waals surface area contributed by atoms with Crippen molar-refractivity contribution in [1.82, 2.24) is 20.0 Å². The SMILES string of the molecule is COc1ccc(C2(C)NC(=O)N(CC(=O)N3CCC(CN4CC(C)OC(C)C4)CC3)C2=O)cc1. The number of methoxy groups -OCH3 is 1. The van der Waals surface area contributed by atoms with Gasteiger partial charge in [0.1, 0.15) is 17.8 Å². The van der Waals surface area contributed by atoms with Gasteiger partial charge in [0.15, 0.2) is 0 Å². The fraction of sp³-hybridized carbons (Fsp3) is 0.640. The second-order valence-corrected chi connectivity index (χ2v) is 9.97. The Bertz CT molecular complexity index is 904. The van der Waals surface area contributed by atoms with Crippen molar-refractivity contribution >= 4 is 17.8 Å². The number of ether oxygens (including phenoxy) is 2. The Hall–Kier alpha value is -2.65. The molecular weight excluding hydrogens is 436 g/mol. The predicted molar refractivity (Wildman–Crippen MR) is 126 cm³/mol. The summed E-state index contributed by atoms with van der Waals surface area (Å²) in [5.74, 6) is 0.602. The first-order chi connectivity index (χ1) is 16.2. The van der Waals surface area contributed by atoms with Gasteiger partial charge in [-0.05, 0) is 57.2 Å². The summed E-state index contributed by atoms with van der Waals surface area (Å²) < 4.78 is 11.0. The molecule has 3 heterocycles. The lowest BCUT2D eigenvalue weighted by Crippen LogP contribution is -2.50. The van der Waals surface area contributed by atoms with Crippen LogP contribution in [0.15, 0.2) is 24.3 Å². The van der Waals surface area contributed by atoms with Crippen LogP contribution < -0.4 is 10.1 Å². The minimum Gasteiger partial charge on any atom is -0.497 e. The first-order valence-corrected chi connectivity index (χ1v) is 12.1. The Labute approximate surface area is 201 Å². The zero-order valence-electron chi connectivity index (χ0n) is 20.6. The van der Waals surface area contributed by atoms with Crippen LogP contribution in [0.3, 0.4) is 0 Å². The van der Waals surface area contributed by atoms with Gasteiger partial charge in [-0.15, -0.1) is 0 Å². The highest BCUT2D eigenvalue weighted by molar-refractivity contribution is 6.09. The van der Waals surface area contributed by atoms with Gasteiger partial charge < -0.3 is 19.7 Å². The van der Waals surface area contributed by atoms with Gasteiger partial charge in [-0.25, -0.2) is 4.79 Å². The van der Waals surface area contributed by atoms with Crippen LogP contribution in [0.4, 0.5) is 4.79 Å².